The Labute approximate surface area is 120 Å². The van der Waals surface area contributed by atoms with Crippen LogP contribution in [0, 0.1) is 5.41 Å². The molecule has 0 spiro atoms. The van der Waals surface area contributed by atoms with Crippen molar-refractivity contribution in [3.63, 3.8) is 0 Å². The zero-order chi connectivity index (χ0) is 14.3. The first-order valence-corrected chi connectivity index (χ1v) is 7.46. The van der Waals surface area contributed by atoms with E-state index < -0.39 is 0 Å². The van der Waals surface area contributed by atoms with Crippen molar-refractivity contribution < 1.29 is 9.53 Å². The fraction of sp³-hybridized carbons (Fsp3) is 0.688. The molecule has 2 aliphatic rings. The maximum atomic E-state index is 12.2. The predicted molar refractivity (Wildman–Crippen MR) is 78.1 cm³/mol. The number of aromatic nitrogens is 1. The molecule has 0 saturated carbocycles. The maximum absolute atomic E-state index is 12.2. The zero-order valence-electron chi connectivity index (χ0n) is 12.7. The van der Waals surface area contributed by atoms with Crippen molar-refractivity contribution in [1.29, 1.82) is 0 Å². The van der Waals surface area contributed by atoms with Gasteiger partial charge in [0.2, 0.25) is 0 Å². The molecule has 4 heteroatoms. The normalized spacial score (nSPS) is 26.6. The van der Waals surface area contributed by atoms with E-state index in [0.717, 1.165) is 38.2 Å². The van der Waals surface area contributed by atoms with E-state index in [1.807, 2.05) is 6.07 Å². The molecule has 1 saturated heterocycles. The molecule has 1 aromatic heterocycles. The summed E-state index contributed by atoms with van der Waals surface area (Å²) < 4.78 is 8.08. The SMILES string of the molecule is CN1CCOC(Cn2ccc3c2CC(C)(C)CC3=O)C1. The zero-order valence-corrected chi connectivity index (χ0v) is 12.7. The molecule has 0 aromatic carbocycles. The third-order valence-corrected chi connectivity index (χ3v) is 4.41. The molecular weight excluding hydrogens is 252 g/mol. The van der Waals surface area contributed by atoms with Crippen LogP contribution in [0.15, 0.2) is 12.3 Å². The van der Waals surface area contributed by atoms with E-state index in [4.69, 9.17) is 4.74 Å². The van der Waals surface area contributed by atoms with Gasteiger partial charge in [0.25, 0.3) is 0 Å². The summed E-state index contributed by atoms with van der Waals surface area (Å²) in [4.78, 5) is 14.5. The number of carbonyl (C=O) groups is 1. The number of fused-ring (bicyclic) bond motifs is 1. The van der Waals surface area contributed by atoms with Gasteiger partial charge in [-0.05, 0) is 24.9 Å². The smallest absolute Gasteiger partial charge is 0.165 e. The van der Waals surface area contributed by atoms with Gasteiger partial charge in [0.15, 0.2) is 5.78 Å². The van der Waals surface area contributed by atoms with Crippen LogP contribution in [0.2, 0.25) is 0 Å². The minimum absolute atomic E-state index is 0.0738. The summed E-state index contributed by atoms with van der Waals surface area (Å²) in [6, 6.07) is 1.99. The molecule has 1 unspecified atom stereocenters. The van der Waals surface area contributed by atoms with E-state index in [1.54, 1.807) is 0 Å². The average molecular weight is 276 g/mol. The van der Waals surface area contributed by atoms with Gasteiger partial charge < -0.3 is 14.2 Å². The molecule has 4 nitrogen and oxygen atoms in total. The number of nitrogens with zero attached hydrogens (tertiary/aromatic N) is 2. The van der Waals surface area contributed by atoms with E-state index in [9.17, 15) is 4.79 Å². The van der Waals surface area contributed by atoms with Crippen molar-refractivity contribution in [2.45, 2.75) is 39.3 Å². The van der Waals surface area contributed by atoms with Crippen molar-refractivity contribution in [2.24, 2.45) is 5.41 Å². The Morgan fingerprint density at radius 3 is 2.95 bits per heavy atom. The van der Waals surface area contributed by atoms with Gasteiger partial charge in [0.1, 0.15) is 0 Å². The standard InChI is InChI=1S/C16H24N2O2/c1-16(2)8-14-13(15(19)9-16)4-5-18(14)11-12-10-17(3)6-7-20-12/h4-5,12H,6-11H2,1-3H3. The third kappa shape index (κ3) is 2.67. The fourth-order valence-corrected chi connectivity index (χ4v) is 3.37. The highest BCUT2D eigenvalue weighted by atomic mass is 16.5. The van der Waals surface area contributed by atoms with Crippen molar-refractivity contribution in [3.05, 3.63) is 23.5 Å². The lowest BCUT2D eigenvalue weighted by atomic mass is 9.76. The molecule has 0 bridgehead atoms. The van der Waals surface area contributed by atoms with Gasteiger partial charge in [-0.2, -0.15) is 0 Å². The van der Waals surface area contributed by atoms with Gasteiger partial charge in [0.05, 0.1) is 12.7 Å². The predicted octanol–water partition coefficient (Wildman–Crippen LogP) is 1.97. The molecule has 1 fully saturated rings. The Hall–Kier alpha value is -1.13. The third-order valence-electron chi connectivity index (χ3n) is 4.41. The number of hydrogen-bond acceptors (Lipinski definition) is 3. The summed E-state index contributed by atoms with van der Waals surface area (Å²) in [7, 11) is 2.13. The number of ether oxygens (including phenoxy) is 1. The van der Waals surface area contributed by atoms with E-state index in [-0.39, 0.29) is 17.3 Å². The lowest BCUT2D eigenvalue weighted by Crippen LogP contribution is -2.42. The number of morpholine rings is 1. The summed E-state index contributed by atoms with van der Waals surface area (Å²) in [6.07, 6.45) is 3.92. The number of carbonyl (C=O) groups excluding carboxylic acids is 1. The largest absolute Gasteiger partial charge is 0.374 e. The van der Waals surface area contributed by atoms with Crippen LogP contribution in [-0.4, -0.2) is 48.1 Å². The van der Waals surface area contributed by atoms with Crippen molar-refractivity contribution in [2.75, 3.05) is 26.7 Å². The van der Waals surface area contributed by atoms with E-state index in [2.05, 4.69) is 36.6 Å². The van der Waals surface area contributed by atoms with Crippen LogP contribution in [0.25, 0.3) is 0 Å². The molecule has 20 heavy (non-hydrogen) atoms. The number of likely N-dealkylation sites (N-methyl/N-ethyl adjacent to an activating group) is 1. The van der Waals surface area contributed by atoms with Crippen molar-refractivity contribution in [3.8, 4) is 0 Å². The van der Waals surface area contributed by atoms with Crippen LogP contribution >= 0.6 is 0 Å². The van der Waals surface area contributed by atoms with Gasteiger partial charge in [0, 0.05) is 43.5 Å². The maximum Gasteiger partial charge on any atom is 0.165 e. The van der Waals surface area contributed by atoms with Crippen LogP contribution < -0.4 is 0 Å². The second-order valence-corrected chi connectivity index (χ2v) is 7.02. The first-order chi connectivity index (χ1) is 9.44. The molecule has 1 atom stereocenters. The second kappa shape index (κ2) is 5.01. The molecule has 110 valence electrons. The molecule has 3 rings (SSSR count). The van der Waals surface area contributed by atoms with Crippen LogP contribution in [0.4, 0.5) is 0 Å². The molecule has 1 aromatic rings. The van der Waals surface area contributed by atoms with Gasteiger partial charge in [-0.25, -0.2) is 0 Å². The fourth-order valence-electron chi connectivity index (χ4n) is 3.37. The highest BCUT2D eigenvalue weighted by Gasteiger charge is 2.33. The van der Waals surface area contributed by atoms with E-state index in [1.165, 1.54) is 5.69 Å². The summed E-state index contributed by atoms with van der Waals surface area (Å²) in [6.45, 7) is 7.97. The first kappa shape index (κ1) is 13.8. The summed E-state index contributed by atoms with van der Waals surface area (Å²) in [5, 5.41) is 0. The summed E-state index contributed by atoms with van der Waals surface area (Å²) in [5.41, 5.74) is 2.20. The Morgan fingerprint density at radius 1 is 1.40 bits per heavy atom. The van der Waals surface area contributed by atoms with Crippen LogP contribution in [0.3, 0.4) is 0 Å². The Kier molecular flexibility index (Phi) is 3.46. The highest BCUT2D eigenvalue weighted by molar-refractivity contribution is 5.98. The Morgan fingerprint density at radius 2 is 2.20 bits per heavy atom. The topological polar surface area (TPSA) is 34.5 Å². The average Bonchev–Trinajstić information content (AvgIpc) is 2.71. The molecule has 2 heterocycles. The van der Waals surface area contributed by atoms with Gasteiger partial charge in [-0.3, -0.25) is 4.79 Å². The minimum atomic E-state index is 0.0738. The molecule has 0 N–H and O–H groups in total. The lowest BCUT2D eigenvalue weighted by Gasteiger charge is -2.33. The summed E-state index contributed by atoms with van der Waals surface area (Å²) >= 11 is 0. The number of Topliss-reactive ketones (excluding diaryl/α,β-unsaturated/α-hetero) is 1. The number of hydrogen-bond donors (Lipinski definition) is 0. The second-order valence-electron chi connectivity index (χ2n) is 7.02. The highest BCUT2D eigenvalue weighted by Crippen LogP contribution is 2.35. The van der Waals surface area contributed by atoms with Crippen molar-refractivity contribution >= 4 is 5.78 Å². The minimum Gasteiger partial charge on any atom is -0.374 e. The van der Waals surface area contributed by atoms with Gasteiger partial charge >= 0.3 is 0 Å². The van der Waals surface area contributed by atoms with Crippen LogP contribution in [0.5, 0.6) is 0 Å². The quantitative estimate of drug-likeness (QED) is 0.828. The molecule has 1 aliphatic heterocycles. The van der Waals surface area contributed by atoms with Crippen LogP contribution in [0.1, 0.15) is 36.3 Å². The van der Waals surface area contributed by atoms with E-state index >= 15 is 0 Å². The Balaban J connectivity index is 1.80. The summed E-state index contributed by atoms with van der Waals surface area (Å²) in [5.74, 6) is 0.289. The van der Waals surface area contributed by atoms with Gasteiger partial charge in [-0.15, -0.1) is 0 Å². The molecule has 0 amide bonds. The Bertz CT molecular complexity index is 519. The van der Waals surface area contributed by atoms with Gasteiger partial charge in [-0.1, -0.05) is 13.8 Å². The monoisotopic (exact) mass is 276 g/mol. The van der Waals surface area contributed by atoms with Crippen LogP contribution in [-0.2, 0) is 17.7 Å². The first-order valence-electron chi connectivity index (χ1n) is 7.46. The molecular formula is C16H24N2O2. The number of rotatable bonds is 2. The van der Waals surface area contributed by atoms with E-state index in [0.29, 0.717) is 6.42 Å². The lowest BCUT2D eigenvalue weighted by molar-refractivity contribution is -0.0279. The van der Waals surface area contributed by atoms with Crippen molar-refractivity contribution in [1.82, 2.24) is 9.47 Å². The molecule has 1 aliphatic carbocycles. The number of ketones is 1. The molecule has 0 radical (unpaired) electrons.